The first-order valence-corrected chi connectivity index (χ1v) is 29.6. The summed E-state index contributed by atoms with van der Waals surface area (Å²) in [5.74, 6) is 3.89. The second-order valence-electron chi connectivity index (χ2n) is 21.9. The Hall–Kier alpha value is -11.9. The molecule has 12 aromatic carbocycles. The van der Waals surface area contributed by atoms with Crippen LogP contribution in [0.1, 0.15) is 11.1 Å². The van der Waals surface area contributed by atoms with E-state index in [-0.39, 0.29) is 0 Å². The summed E-state index contributed by atoms with van der Waals surface area (Å²) in [7, 11) is 0. The van der Waals surface area contributed by atoms with Gasteiger partial charge in [-0.3, -0.25) is 0 Å². The first kappa shape index (κ1) is 51.7. The lowest BCUT2D eigenvalue weighted by atomic mass is 9.95. The maximum absolute atomic E-state index is 5.05. The molecule has 88 heavy (non-hydrogen) atoms. The van der Waals surface area contributed by atoms with Crippen LogP contribution in [0.5, 0.6) is 0 Å². The van der Waals surface area contributed by atoms with Crippen molar-refractivity contribution in [2.24, 2.45) is 0 Å². The molecule has 16 aromatic rings. The third-order valence-corrected chi connectivity index (χ3v) is 16.5. The van der Waals surface area contributed by atoms with E-state index in [0.29, 0.717) is 34.9 Å². The predicted octanol–water partition coefficient (Wildman–Crippen LogP) is 19.3. The Morgan fingerprint density at radius 1 is 0.205 bits per heavy atom. The largest absolute Gasteiger partial charge is 0.310 e. The zero-order valence-corrected chi connectivity index (χ0v) is 47.7. The first-order chi connectivity index (χ1) is 43.6. The van der Waals surface area contributed by atoms with Crippen LogP contribution in [0.25, 0.3) is 123 Å². The summed E-state index contributed by atoms with van der Waals surface area (Å²) >= 11 is 0. The molecule has 0 N–H and O–H groups in total. The van der Waals surface area contributed by atoms with Gasteiger partial charge in [0.05, 0.1) is 22.1 Å². The predicted molar refractivity (Wildman–Crippen MR) is 358 cm³/mol. The maximum Gasteiger partial charge on any atom is 0.164 e. The molecule has 0 atom stereocenters. The highest BCUT2D eigenvalue weighted by molar-refractivity contribution is 6.10. The normalized spacial score (nSPS) is 11.8. The molecular weight excluding hydrogens is 1070 g/mol. The number of hydrogen-bond acceptors (Lipinski definition) is 7. The average molecular weight is 1130 g/mol. The zero-order chi connectivity index (χ0) is 58.3. The number of rotatable bonds is 9. The molecule has 0 unspecified atom stereocenters. The fourth-order valence-corrected chi connectivity index (χ4v) is 12.3. The fourth-order valence-electron chi connectivity index (χ4n) is 12.3. The van der Waals surface area contributed by atoms with Crippen molar-refractivity contribution in [3.05, 3.63) is 321 Å². The van der Waals surface area contributed by atoms with E-state index in [1.54, 1.807) is 0 Å². The van der Waals surface area contributed by atoms with E-state index in [2.05, 4.69) is 232 Å². The lowest BCUT2D eigenvalue weighted by molar-refractivity contribution is 1.07. The van der Waals surface area contributed by atoms with Gasteiger partial charge in [-0.2, -0.15) is 0 Å². The van der Waals surface area contributed by atoms with E-state index in [1.165, 1.54) is 66.1 Å². The van der Waals surface area contributed by atoms with Crippen molar-refractivity contribution in [1.82, 2.24) is 39.0 Å². The molecule has 1 aliphatic heterocycles. The molecule has 0 amide bonds. The Morgan fingerprint density at radius 2 is 0.443 bits per heavy atom. The molecule has 9 heteroatoms. The van der Waals surface area contributed by atoms with E-state index in [9.17, 15) is 0 Å². The van der Waals surface area contributed by atoms with Gasteiger partial charge in [0.15, 0.2) is 34.9 Å². The van der Waals surface area contributed by atoms with Crippen LogP contribution in [0.4, 0.5) is 17.1 Å². The van der Waals surface area contributed by atoms with Crippen LogP contribution in [-0.2, 0) is 6.42 Å². The van der Waals surface area contributed by atoms with Crippen molar-refractivity contribution in [2.75, 3.05) is 4.90 Å². The van der Waals surface area contributed by atoms with Crippen molar-refractivity contribution in [2.45, 2.75) is 6.42 Å². The number of para-hydroxylation sites is 6. The minimum Gasteiger partial charge on any atom is -0.310 e. The van der Waals surface area contributed by atoms with Crippen LogP contribution in [0, 0.1) is 0 Å². The SMILES string of the molecule is c1ccc(-c2nc(-c3ccc(-n4c5ccccc5c5ccccc54)cc3)nc(-c3ccc(-n4c5ccccc5c5ccccc54)cc3)n2)cc1.c1ccc(-c2nc(-c3ccccc3)nc(-c3ccc(N4c5ccccc5Cc5ccccc54)cc3)n2)cc1. The lowest BCUT2D eigenvalue weighted by Gasteiger charge is -2.33. The van der Waals surface area contributed by atoms with E-state index < -0.39 is 0 Å². The van der Waals surface area contributed by atoms with Gasteiger partial charge in [-0.05, 0) is 120 Å². The third-order valence-electron chi connectivity index (χ3n) is 16.5. The molecule has 4 aromatic heterocycles. The number of anilines is 3. The van der Waals surface area contributed by atoms with Crippen LogP contribution < -0.4 is 4.90 Å². The molecule has 1 aliphatic rings. The van der Waals surface area contributed by atoms with Crippen LogP contribution >= 0.6 is 0 Å². The number of benzene rings is 12. The molecule has 17 rings (SSSR count). The lowest BCUT2D eigenvalue weighted by Crippen LogP contribution is -2.18. The van der Waals surface area contributed by atoms with E-state index in [0.717, 1.165) is 56.9 Å². The summed E-state index contributed by atoms with van der Waals surface area (Å²) in [5, 5.41) is 4.97. The van der Waals surface area contributed by atoms with Gasteiger partial charge in [0, 0.05) is 89.8 Å². The van der Waals surface area contributed by atoms with E-state index in [1.807, 2.05) is 91.0 Å². The molecule has 0 radical (unpaired) electrons. The monoisotopic (exact) mass is 1130 g/mol. The number of nitrogens with zero attached hydrogens (tertiary/aromatic N) is 9. The second kappa shape index (κ2) is 22.2. The Labute approximate surface area is 508 Å². The average Bonchev–Trinajstić information content (AvgIpc) is 1.81. The molecule has 9 nitrogen and oxygen atoms in total. The Balaban J connectivity index is 0.000000147. The molecule has 5 heterocycles. The summed E-state index contributed by atoms with van der Waals surface area (Å²) in [6, 6.07) is 107. The molecule has 414 valence electrons. The van der Waals surface area contributed by atoms with E-state index >= 15 is 0 Å². The topological polar surface area (TPSA) is 90.4 Å². The smallest absolute Gasteiger partial charge is 0.164 e. The Bertz CT molecular complexity index is 4830. The van der Waals surface area contributed by atoms with Crippen LogP contribution in [0.15, 0.2) is 309 Å². The zero-order valence-electron chi connectivity index (χ0n) is 47.7. The van der Waals surface area contributed by atoms with Gasteiger partial charge < -0.3 is 14.0 Å². The van der Waals surface area contributed by atoms with Crippen molar-refractivity contribution in [3.8, 4) is 79.7 Å². The van der Waals surface area contributed by atoms with E-state index in [4.69, 9.17) is 29.9 Å². The Morgan fingerprint density at radius 3 is 0.750 bits per heavy atom. The van der Waals surface area contributed by atoms with Gasteiger partial charge >= 0.3 is 0 Å². The van der Waals surface area contributed by atoms with Gasteiger partial charge in [-0.25, -0.2) is 29.9 Å². The highest BCUT2D eigenvalue weighted by Gasteiger charge is 2.24. The molecule has 0 saturated carbocycles. The van der Waals surface area contributed by atoms with Crippen molar-refractivity contribution < 1.29 is 0 Å². The molecule has 0 spiro atoms. The molecule has 0 bridgehead atoms. The van der Waals surface area contributed by atoms with Gasteiger partial charge in [-0.1, -0.05) is 200 Å². The summed E-state index contributed by atoms with van der Waals surface area (Å²) in [6.07, 6.45) is 0.941. The molecular formula is C79H53N9. The van der Waals surface area contributed by atoms with Crippen LogP contribution in [0.2, 0.25) is 0 Å². The third kappa shape index (κ3) is 9.49. The molecule has 0 aliphatic carbocycles. The second-order valence-corrected chi connectivity index (χ2v) is 21.9. The highest BCUT2D eigenvalue weighted by atomic mass is 15.2. The first-order valence-electron chi connectivity index (χ1n) is 29.6. The Kier molecular flexibility index (Phi) is 13.1. The minimum atomic E-state index is 0.633. The van der Waals surface area contributed by atoms with Gasteiger partial charge in [0.2, 0.25) is 0 Å². The highest BCUT2D eigenvalue weighted by Crippen LogP contribution is 2.44. The summed E-state index contributed by atoms with van der Waals surface area (Å²) in [4.78, 5) is 31.9. The van der Waals surface area contributed by atoms with Crippen LogP contribution in [-0.4, -0.2) is 39.0 Å². The van der Waals surface area contributed by atoms with Crippen molar-refractivity contribution in [3.63, 3.8) is 0 Å². The summed E-state index contributed by atoms with van der Waals surface area (Å²) in [5.41, 5.74) is 18.8. The molecule has 0 saturated heterocycles. The van der Waals surface area contributed by atoms with Crippen molar-refractivity contribution >= 4 is 60.7 Å². The van der Waals surface area contributed by atoms with Crippen molar-refractivity contribution in [1.29, 1.82) is 0 Å². The van der Waals surface area contributed by atoms with Gasteiger partial charge in [-0.15, -0.1) is 0 Å². The standard InChI is InChI=1S/C45H29N5.C34H24N4/c1-2-12-30(13-3-1)43-46-44(31-22-26-33(27-23-31)49-39-18-8-4-14-35(39)36-15-5-9-19-40(36)49)48-45(47-43)32-24-28-34(29-25-32)50-41-20-10-6-16-37(41)38-17-7-11-21-42(38)50;1-3-11-24(12-4-1)32-35-33(25-13-5-2-6-14-25)37-34(36-32)26-19-21-29(22-20-26)38-30-17-9-7-15-27(30)23-28-16-8-10-18-31(28)38/h1-29H;1-22H,23H2. The van der Waals surface area contributed by atoms with Crippen LogP contribution in [0.3, 0.4) is 0 Å². The number of hydrogen-bond donors (Lipinski definition) is 0. The van der Waals surface area contributed by atoms with Gasteiger partial charge in [0.25, 0.3) is 0 Å². The number of aromatic nitrogens is 8. The quantitative estimate of drug-likeness (QED) is 0.142. The summed E-state index contributed by atoms with van der Waals surface area (Å²) in [6.45, 7) is 0. The maximum atomic E-state index is 5.05. The fraction of sp³-hybridized carbons (Fsp3) is 0.0127. The number of fused-ring (bicyclic) bond motifs is 8. The molecule has 0 fully saturated rings. The summed E-state index contributed by atoms with van der Waals surface area (Å²) < 4.78 is 4.64. The van der Waals surface area contributed by atoms with Gasteiger partial charge in [0.1, 0.15) is 0 Å². The minimum absolute atomic E-state index is 0.633.